The Labute approximate surface area is 107 Å². The number of aliphatic hydroxyl groups excluding tert-OH is 1. The van der Waals surface area contributed by atoms with Gasteiger partial charge in [-0.2, -0.15) is 0 Å². The van der Waals surface area contributed by atoms with Gasteiger partial charge in [-0.25, -0.2) is 18.4 Å². The van der Waals surface area contributed by atoms with E-state index in [1.54, 1.807) is 0 Å². The molecule has 8 heteroatoms. The van der Waals surface area contributed by atoms with Crippen molar-refractivity contribution in [1.82, 2.24) is 5.32 Å². The van der Waals surface area contributed by atoms with Crippen molar-refractivity contribution in [3.63, 3.8) is 0 Å². The largest absolute Gasteiger partial charge is 0.480 e. The molecule has 1 aromatic rings. The molecular weight excluding hydrogens is 262 g/mol. The number of carbonyl (C=O) groups excluding carboxylic acids is 1. The minimum absolute atomic E-state index is 0.200. The van der Waals surface area contributed by atoms with Gasteiger partial charge >= 0.3 is 12.0 Å². The maximum absolute atomic E-state index is 13.2. The van der Waals surface area contributed by atoms with Crippen molar-refractivity contribution in [3.8, 4) is 0 Å². The molecular formula is C11H12F2N2O4. The summed E-state index contributed by atoms with van der Waals surface area (Å²) >= 11 is 0. The van der Waals surface area contributed by atoms with Gasteiger partial charge in [-0.05, 0) is 12.1 Å². The maximum atomic E-state index is 13.2. The van der Waals surface area contributed by atoms with Crippen LogP contribution < -0.4 is 10.6 Å². The van der Waals surface area contributed by atoms with Crippen LogP contribution in [0, 0.1) is 11.6 Å². The van der Waals surface area contributed by atoms with Gasteiger partial charge in [-0.1, -0.05) is 6.07 Å². The Bertz CT molecular complexity index is 482. The fourth-order valence-electron chi connectivity index (χ4n) is 1.30. The standard InChI is InChI=1S/C11H12F2N2O4/c12-6-2-1-3-7(9(6)13)14-11(19)15-8(4-5-16)10(17)18/h1-3,8,16H,4-5H2,(H,17,18)(H2,14,15,19)/t8-/m1/s1. The summed E-state index contributed by atoms with van der Waals surface area (Å²) in [5.41, 5.74) is -0.411. The van der Waals surface area contributed by atoms with Crippen molar-refractivity contribution < 1.29 is 28.6 Å². The molecule has 1 atom stereocenters. The average molecular weight is 274 g/mol. The minimum Gasteiger partial charge on any atom is -0.480 e. The quantitative estimate of drug-likeness (QED) is 0.641. The van der Waals surface area contributed by atoms with Crippen molar-refractivity contribution in [2.45, 2.75) is 12.5 Å². The van der Waals surface area contributed by atoms with Crippen LogP contribution in [0.5, 0.6) is 0 Å². The molecule has 0 saturated carbocycles. The summed E-state index contributed by atoms with van der Waals surface area (Å²) in [5.74, 6) is -3.72. The normalized spacial score (nSPS) is 11.7. The predicted molar refractivity (Wildman–Crippen MR) is 61.6 cm³/mol. The van der Waals surface area contributed by atoms with Gasteiger partial charge in [0.15, 0.2) is 11.6 Å². The topological polar surface area (TPSA) is 98.7 Å². The third-order valence-corrected chi connectivity index (χ3v) is 2.22. The fourth-order valence-corrected chi connectivity index (χ4v) is 1.30. The first-order valence-electron chi connectivity index (χ1n) is 5.31. The Morgan fingerprint density at radius 1 is 1.32 bits per heavy atom. The molecule has 2 amide bonds. The van der Waals surface area contributed by atoms with E-state index in [-0.39, 0.29) is 6.42 Å². The van der Waals surface area contributed by atoms with Crippen LogP contribution in [0.15, 0.2) is 18.2 Å². The highest BCUT2D eigenvalue weighted by atomic mass is 19.2. The summed E-state index contributed by atoms with van der Waals surface area (Å²) in [6, 6.07) is 0.868. The van der Waals surface area contributed by atoms with Crippen molar-refractivity contribution in [1.29, 1.82) is 0 Å². The number of urea groups is 1. The van der Waals surface area contributed by atoms with Gasteiger partial charge in [0.25, 0.3) is 0 Å². The van der Waals surface area contributed by atoms with Crippen LogP contribution in [0.2, 0.25) is 0 Å². The van der Waals surface area contributed by atoms with Gasteiger partial charge in [0.1, 0.15) is 6.04 Å². The molecule has 0 heterocycles. The van der Waals surface area contributed by atoms with E-state index in [1.807, 2.05) is 10.6 Å². The zero-order valence-corrected chi connectivity index (χ0v) is 9.69. The molecule has 0 radical (unpaired) electrons. The van der Waals surface area contributed by atoms with Crippen molar-refractivity contribution in [2.24, 2.45) is 0 Å². The molecule has 19 heavy (non-hydrogen) atoms. The van der Waals surface area contributed by atoms with E-state index in [1.165, 1.54) is 6.07 Å². The number of carboxylic acid groups (broad SMARTS) is 1. The van der Waals surface area contributed by atoms with Crippen LogP contribution in [0.25, 0.3) is 0 Å². The number of nitrogens with one attached hydrogen (secondary N) is 2. The molecule has 0 aliphatic rings. The lowest BCUT2D eigenvalue weighted by Gasteiger charge is -2.14. The van der Waals surface area contributed by atoms with Crippen LogP contribution >= 0.6 is 0 Å². The monoisotopic (exact) mass is 274 g/mol. The highest BCUT2D eigenvalue weighted by molar-refractivity contribution is 5.92. The number of aliphatic carboxylic acids is 1. The van der Waals surface area contributed by atoms with E-state index >= 15 is 0 Å². The van der Waals surface area contributed by atoms with Crippen molar-refractivity contribution in [2.75, 3.05) is 11.9 Å². The highest BCUT2D eigenvalue weighted by Gasteiger charge is 2.20. The number of hydrogen-bond donors (Lipinski definition) is 4. The average Bonchev–Trinajstić information content (AvgIpc) is 2.34. The Morgan fingerprint density at radius 2 is 2.00 bits per heavy atom. The van der Waals surface area contributed by atoms with Gasteiger partial charge in [-0.15, -0.1) is 0 Å². The van der Waals surface area contributed by atoms with Crippen LogP contribution in [0.1, 0.15) is 6.42 Å². The zero-order valence-electron chi connectivity index (χ0n) is 9.69. The van der Waals surface area contributed by atoms with Gasteiger partial charge in [0, 0.05) is 13.0 Å². The number of aliphatic hydroxyl groups is 1. The summed E-state index contributed by atoms with van der Waals surface area (Å²) < 4.78 is 26.1. The van der Waals surface area contributed by atoms with Gasteiger partial charge in [-0.3, -0.25) is 0 Å². The minimum atomic E-state index is -1.34. The molecule has 0 bridgehead atoms. The summed E-state index contributed by atoms with van der Waals surface area (Å²) in [7, 11) is 0. The number of carboxylic acids is 1. The Hall–Kier alpha value is -2.22. The maximum Gasteiger partial charge on any atom is 0.326 e. The van der Waals surface area contributed by atoms with Crippen molar-refractivity contribution >= 4 is 17.7 Å². The molecule has 0 spiro atoms. The second-order valence-corrected chi connectivity index (χ2v) is 3.60. The molecule has 6 nitrogen and oxygen atoms in total. The van der Waals surface area contributed by atoms with Gasteiger partial charge in [0.2, 0.25) is 0 Å². The number of halogens is 2. The Kier molecular flexibility index (Phi) is 5.19. The van der Waals surface area contributed by atoms with Crippen LogP contribution in [-0.2, 0) is 4.79 Å². The molecule has 0 aliphatic carbocycles. The number of rotatable bonds is 5. The predicted octanol–water partition coefficient (Wildman–Crippen LogP) is 0.922. The Morgan fingerprint density at radius 3 is 2.58 bits per heavy atom. The molecule has 104 valence electrons. The SMILES string of the molecule is O=C(Nc1cccc(F)c1F)N[C@H](CCO)C(=O)O. The molecule has 0 fully saturated rings. The molecule has 0 unspecified atom stereocenters. The first-order valence-corrected chi connectivity index (χ1v) is 5.31. The molecule has 1 aromatic carbocycles. The number of hydrogen-bond acceptors (Lipinski definition) is 3. The summed E-state index contributed by atoms with van der Waals surface area (Å²) in [4.78, 5) is 22.1. The number of anilines is 1. The zero-order chi connectivity index (χ0) is 14.4. The van der Waals surface area contributed by atoms with E-state index in [0.717, 1.165) is 12.1 Å². The fraction of sp³-hybridized carbons (Fsp3) is 0.273. The first kappa shape index (κ1) is 14.8. The molecule has 1 rings (SSSR count). The van der Waals surface area contributed by atoms with E-state index in [0.29, 0.717) is 0 Å². The lowest BCUT2D eigenvalue weighted by atomic mass is 10.2. The molecule has 0 saturated heterocycles. The van der Waals surface area contributed by atoms with Crippen LogP contribution in [0.4, 0.5) is 19.3 Å². The van der Waals surface area contributed by atoms with Crippen LogP contribution in [0.3, 0.4) is 0 Å². The summed E-state index contributed by atoms with van der Waals surface area (Å²) in [6.07, 6.45) is -0.200. The van der Waals surface area contributed by atoms with E-state index < -0.39 is 42.0 Å². The number of amides is 2. The van der Waals surface area contributed by atoms with Gasteiger partial charge < -0.3 is 20.8 Å². The lowest BCUT2D eigenvalue weighted by Crippen LogP contribution is -2.43. The molecule has 0 aromatic heterocycles. The van der Waals surface area contributed by atoms with Crippen molar-refractivity contribution in [3.05, 3.63) is 29.8 Å². The van der Waals surface area contributed by atoms with Gasteiger partial charge in [0.05, 0.1) is 5.69 Å². The van der Waals surface area contributed by atoms with E-state index in [2.05, 4.69) is 0 Å². The first-order chi connectivity index (χ1) is 8.95. The van der Waals surface area contributed by atoms with E-state index in [4.69, 9.17) is 10.2 Å². The summed E-state index contributed by atoms with van der Waals surface area (Å²) in [5, 5.41) is 21.4. The molecule has 0 aliphatic heterocycles. The second-order valence-electron chi connectivity index (χ2n) is 3.60. The number of carbonyl (C=O) groups is 2. The summed E-state index contributed by atoms with van der Waals surface area (Å²) in [6.45, 7) is -0.439. The highest BCUT2D eigenvalue weighted by Crippen LogP contribution is 2.16. The molecule has 4 N–H and O–H groups in total. The smallest absolute Gasteiger partial charge is 0.326 e. The second kappa shape index (κ2) is 6.64. The van der Waals surface area contributed by atoms with Crippen LogP contribution in [-0.4, -0.2) is 34.9 Å². The number of benzene rings is 1. The third kappa shape index (κ3) is 4.18. The third-order valence-electron chi connectivity index (χ3n) is 2.22. The van der Waals surface area contributed by atoms with E-state index in [9.17, 15) is 18.4 Å². The Balaban J connectivity index is 2.69. The lowest BCUT2D eigenvalue weighted by molar-refractivity contribution is -0.139.